The fourth-order valence-corrected chi connectivity index (χ4v) is 2.14. The van der Waals surface area contributed by atoms with E-state index < -0.39 is 11.3 Å². The average Bonchev–Trinajstić information content (AvgIpc) is 2.17. The molecule has 2 amide bonds. The van der Waals surface area contributed by atoms with Gasteiger partial charge in [0.1, 0.15) is 5.41 Å². The van der Waals surface area contributed by atoms with Gasteiger partial charge in [-0.05, 0) is 17.5 Å². The average molecular weight is 227 g/mol. The van der Waals surface area contributed by atoms with Crippen molar-refractivity contribution in [3.63, 3.8) is 0 Å². The number of amidine groups is 1. The van der Waals surface area contributed by atoms with E-state index in [-0.39, 0.29) is 17.0 Å². The molecular weight excluding hydrogens is 212 g/mol. The smallest absolute Gasteiger partial charge is 0.261 e. The van der Waals surface area contributed by atoms with Gasteiger partial charge in [0.2, 0.25) is 5.91 Å². The van der Waals surface area contributed by atoms with E-state index in [0.29, 0.717) is 6.42 Å². The van der Waals surface area contributed by atoms with E-state index in [4.69, 9.17) is 12.6 Å². The van der Waals surface area contributed by atoms with Gasteiger partial charge in [0.15, 0.2) is 0 Å². The van der Waals surface area contributed by atoms with Gasteiger partial charge < -0.3 is 17.9 Å². The molecule has 0 aromatic heterocycles. The van der Waals surface area contributed by atoms with E-state index in [1.165, 1.54) is 0 Å². The number of carbonyl (C=O) groups excluding carboxylic acids is 2. The molecule has 1 aliphatic rings. The molecule has 5 heteroatoms. The van der Waals surface area contributed by atoms with Crippen LogP contribution < -0.4 is 5.32 Å². The Balaban J connectivity index is 3.18. The molecule has 0 spiro atoms. The maximum Gasteiger partial charge on any atom is 0.261 e. The van der Waals surface area contributed by atoms with Crippen molar-refractivity contribution in [2.24, 2.45) is 16.3 Å². The van der Waals surface area contributed by atoms with Gasteiger partial charge in [-0.25, -0.2) is 4.99 Å². The maximum absolute atomic E-state index is 11.9. The lowest BCUT2D eigenvalue weighted by molar-refractivity contribution is -0.145. The van der Waals surface area contributed by atoms with Crippen molar-refractivity contribution in [3.05, 3.63) is 0 Å². The number of aliphatic imine (C=N–C) groups is 1. The molecule has 0 aliphatic carbocycles. The summed E-state index contributed by atoms with van der Waals surface area (Å²) in [4.78, 5) is 27.4. The molecule has 1 rings (SSSR count). The third-order valence-corrected chi connectivity index (χ3v) is 3.42. The minimum absolute atomic E-state index is 0.0163. The summed E-state index contributed by atoms with van der Waals surface area (Å²) < 4.78 is 0. The first kappa shape index (κ1) is 12.1. The Bertz CT molecular complexity index is 327. The largest absolute Gasteiger partial charge is 0.742 e. The molecule has 0 fully saturated rings. The van der Waals surface area contributed by atoms with Crippen molar-refractivity contribution < 1.29 is 9.59 Å². The second-order valence-corrected chi connectivity index (χ2v) is 4.20. The highest BCUT2D eigenvalue weighted by molar-refractivity contribution is 7.77. The van der Waals surface area contributed by atoms with Crippen LogP contribution in [0.2, 0.25) is 0 Å². The van der Waals surface area contributed by atoms with Crippen molar-refractivity contribution >= 4 is 29.6 Å². The van der Waals surface area contributed by atoms with Gasteiger partial charge in [-0.3, -0.25) is 9.59 Å². The van der Waals surface area contributed by atoms with Crippen LogP contribution in [-0.2, 0) is 22.2 Å². The summed E-state index contributed by atoms with van der Waals surface area (Å²) in [6.45, 7) is 5.67. The van der Waals surface area contributed by atoms with Gasteiger partial charge in [0.05, 0.1) is 0 Å². The number of carbonyl (C=O) groups is 2. The highest BCUT2D eigenvalue weighted by Gasteiger charge is 2.49. The number of rotatable bonds is 3. The second kappa shape index (κ2) is 4.26. The first-order valence-corrected chi connectivity index (χ1v) is 5.51. The first-order valence-electron chi connectivity index (χ1n) is 5.10. The van der Waals surface area contributed by atoms with Gasteiger partial charge in [0, 0.05) is 0 Å². The zero-order chi connectivity index (χ0) is 11.6. The fourth-order valence-electron chi connectivity index (χ4n) is 1.97. The predicted octanol–water partition coefficient (Wildman–Crippen LogP) is 0.988. The monoisotopic (exact) mass is 227 g/mol. The predicted molar refractivity (Wildman–Crippen MR) is 60.1 cm³/mol. The Kier molecular flexibility index (Phi) is 3.44. The van der Waals surface area contributed by atoms with E-state index in [0.717, 1.165) is 6.42 Å². The third kappa shape index (κ3) is 1.76. The first-order chi connectivity index (χ1) is 6.98. The molecule has 2 atom stereocenters. The molecule has 15 heavy (non-hydrogen) atoms. The summed E-state index contributed by atoms with van der Waals surface area (Å²) in [5, 5.41) is 2.46. The number of nitrogens with zero attached hydrogens (tertiary/aromatic N) is 1. The van der Waals surface area contributed by atoms with Crippen LogP contribution in [0.3, 0.4) is 0 Å². The van der Waals surface area contributed by atoms with Crippen LogP contribution in [-0.4, -0.2) is 17.0 Å². The number of nitrogens with one attached hydrogen (secondary N) is 1. The second-order valence-electron chi connectivity index (χ2n) is 3.81. The van der Waals surface area contributed by atoms with Gasteiger partial charge >= 0.3 is 0 Å². The van der Waals surface area contributed by atoms with Crippen LogP contribution in [0.5, 0.6) is 0 Å². The molecule has 0 saturated carbocycles. The summed E-state index contributed by atoms with van der Waals surface area (Å²) in [6, 6.07) is 0. The molecule has 0 aromatic rings. The molecule has 0 unspecified atom stereocenters. The van der Waals surface area contributed by atoms with Crippen LogP contribution in [0.1, 0.15) is 33.6 Å². The highest BCUT2D eigenvalue weighted by Crippen LogP contribution is 2.37. The summed E-state index contributed by atoms with van der Waals surface area (Å²) in [6.07, 6.45) is 1.22. The van der Waals surface area contributed by atoms with Crippen molar-refractivity contribution in [2.45, 2.75) is 33.6 Å². The maximum atomic E-state index is 11.9. The van der Waals surface area contributed by atoms with Crippen molar-refractivity contribution in [3.8, 4) is 0 Å². The van der Waals surface area contributed by atoms with E-state index in [1.807, 2.05) is 20.8 Å². The third-order valence-electron chi connectivity index (χ3n) is 3.22. The molecule has 1 aliphatic heterocycles. The van der Waals surface area contributed by atoms with Crippen LogP contribution in [0.25, 0.3) is 0 Å². The molecular formula is C10H15N2O2S-. The summed E-state index contributed by atoms with van der Waals surface area (Å²) in [5.41, 5.74) is -1.02. The lowest BCUT2D eigenvalue weighted by Crippen LogP contribution is -2.54. The number of amides is 2. The lowest BCUT2D eigenvalue weighted by Gasteiger charge is -2.37. The Morgan fingerprint density at radius 2 is 2.07 bits per heavy atom. The fraction of sp³-hybridized carbons (Fsp3) is 0.700. The topological polar surface area (TPSA) is 58.5 Å². The van der Waals surface area contributed by atoms with E-state index >= 15 is 0 Å². The quantitative estimate of drug-likeness (QED) is 0.578. The number of hydrogen-bond acceptors (Lipinski definition) is 3. The zero-order valence-corrected chi connectivity index (χ0v) is 9.98. The summed E-state index contributed by atoms with van der Waals surface area (Å²) in [5.74, 6) is -0.723. The zero-order valence-electron chi connectivity index (χ0n) is 9.16. The summed E-state index contributed by atoms with van der Waals surface area (Å²) in [7, 11) is 0. The van der Waals surface area contributed by atoms with Crippen molar-refractivity contribution in [1.29, 1.82) is 0 Å². The van der Waals surface area contributed by atoms with Crippen molar-refractivity contribution in [2.75, 3.05) is 0 Å². The minimum Gasteiger partial charge on any atom is -0.742 e. The Morgan fingerprint density at radius 1 is 1.47 bits per heavy atom. The van der Waals surface area contributed by atoms with Gasteiger partial charge in [-0.1, -0.05) is 27.2 Å². The van der Waals surface area contributed by atoms with E-state index in [9.17, 15) is 9.59 Å². The Morgan fingerprint density at radius 3 is 2.47 bits per heavy atom. The summed E-state index contributed by atoms with van der Waals surface area (Å²) >= 11 is 4.71. The van der Waals surface area contributed by atoms with Gasteiger partial charge in [-0.2, -0.15) is 0 Å². The Hall–Kier alpha value is -0.970. The van der Waals surface area contributed by atoms with Gasteiger partial charge in [0.25, 0.3) is 5.91 Å². The number of hydrogen-bond donors (Lipinski definition) is 1. The van der Waals surface area contributed by atoms with Crippen molar-refractivity contribution in [1.82, 2.24) is 5.32 Å². The minimum atomic E-state index is -1.02. The SMILES string of the molecule is CC[C@H](C)[C@]1(CC)C(=O)N=C([S-])NC1=O. The van der Waals surface area contributed by atoms with E-state index in [1.54, 1.807) is 0 Å². The van der Waals surface area contributed by atoms with Crippen LogP contribution >= 0.6 is 0 Å². The Labute approximate surface area is 94.9 Å². The molecule has 0 saturated heterocycles. The molecule has 84 valence electrons. The molecule has 0 radical (unpaired) electrons. The highest BCUT2D eigenvalue weighted by atomic mass is 32.1. The standard InChI is InChI=1S/C10H16N2O2S/c1-4-6(3)10(5-2)7(13)11-9(15)12-8(10)14/h6H,4-5H2,1-3H3,(H2,11,12,13,14,15)/p-1/t6-/m0/s1. The van der Waals surface area contributed by atoms with Crippen LogP contribution in [0, 0.1) is 11.3 Å². The molecule has 0 aromatic carbocycles. The van der Waals surface area contributed by atoms with E-state index in [2.05, 4.69) is 10.3 Å². The molecule has 1 N–H and O–H groups in total. The molecule has 4 nitrogen and oxygen atoms in total. The van der Waals surface area contributed by atoms with Gasteiger partial charge in [-0.15, -0.1) is 0 Å². The van der Waals surface area contributed by atoms with Crippen LogP contribution in [0.15, 0.2) is 4.99 Å². The molecule has 0 bridgehead atoms. The van der Waals surface area contributed by atoms with Crippen LogP contribution in [0.4, 0.5) is 0 Å². The molecule has 1 heterocycles. The normalized spacial score (nSPS) is 28.3. The lowest BCUT2D eigenvalue weighted by atomic mass is 9.71.